The first-order valence-electron chi connectivity index (χ1n) is 10.1. The summed E-state index contributed by atoms with van der Waals surface area (Å²) < 4.78 is 3.98. The lowest BCUT2D eigenvalue weighted by Gasteiger charge is -2.22. The zero-order chi connectivity index (χ0) is 19.6. The molecule has 0 bridgehead atoms. The van der Waals surface area contributed by atoms with Crippen molar-refractivity contribution >= 4 is 39.7 Å². The number of benzene rings is 2. The molecule has 4 aromatic rings. The van der Waals surface area contributed by atoms with Gasteiger partial charge in [0.1, 0.15) is 4.70 Å². The van der Waals surface area contributed by atoms with Gasteiger partial charge in [0.15, 0.2) is 21.2 Å². The van der Waals surface area contributed by atoms with Gasteiger partial charge in [0.05, 0.1) is 0 Å². The normalized spacial score (nSPS) is 14.8. The number of hydrogen-bond donors (Lipinski definition) is 0. The van der Waals surface area contributed by atoms with Crippen LogP contribution >= 0.6 is 23.6 Å². The van der Waals surface area contributed by atoms with Crippen LogP contribution in [0.25, 0.3) is 27.4 Å². The van der Waals surface area contributed by atoms with Crippen molar-refractivity contribution in [2.45, 2.75) is 25.7 Å². The fraction of sp³-hybridized carbons (Fsp3) is 0.261. The van der Waals surface area contributed by atoms with Crippen LogP contribution in [0.4, 0.5) is 5.82 Å². The van der Waals surface area contributed by atoms with Crippen LogP contribution in [0, 0.1) is 3.95 Å². The number of thiazole rings is 1. The number of aromatic nitrogens is 3. The highest BCUT2D eigenvalue weighted by molar-refractivity contribution is 7.73. The summed E-state index contributed by atoms with van der Waals surface area (Å²) in [5, 5.41) is 0. The molecule has 1 saturated heterocycles. The van der Waals surface area contributed by atoms with Gasteiger partial charge >= 0.3 is 0 Å². The topological polar surface area (TPSA) is 34.0 Å². The molecule has 0 spiro atoms. The van der Waals surface area contributed by atoms with Gasteiger partial charge in [0.2, 0.25) is 0 Å². The molecule has 5 rings (SSSR count). The van der Waals surface area contributed by atoms with Crippen molar-refractivity contribution in [3.05, 3.63) is 64.6 Å². The molecular weight excluding hydrogens is 396 g/mol. The van der Waals surface area contributed by atoms with E-state index < -0.39 is 0 Å². The maximum atomic E-state index is 5.78. The summed E-state index contributed by atoms with van der Waals surface area (Å²) in [5.41, 5.74) is 2.98. The molecule has 0 unspecified atom stereocenters. The predicted octanol–water partition coefficient (Wildman–Crippen LogP) is 6.26. The van der Waals surface area contributed by atoms with Crippen molar-refractivity contribution in [3.8, 4) is 17.1 Å². The van der Waals surface area contributed by atoms with Crippen molar-refractivity contribution in [3.63, 3.8) is 0 Å². The average Bonchev–Trinajstić information content (AvgIpc) is 2.93. The van der Waals surface area contributed by atoms with E-state index in [1.165, 1.54) is 25.7 Å². The average molecular weight is 419 g/mol. The Morgan fingerprint density at radius 2 is 1.45 bits per heavy atom. The molecule has 146 valence electrons. The van der Waals surface area contributed by atoms with Crippen LogP contribution in [-0.4, -0.2) is 27.6 Å². The van der Waals surface area contributed by atoms with E-state index in [0.717, 1.165) is 50.3 Å². The van der Waals surface area contributed by atoms with Crippen LogP contribution in [0.3, 0.4) is 0 Å². The Bertz CT molecular complexity index is 1170. The first kappa shape index (κ1) is 18.5. The highest BCUT2D eigenvalue weighted by atomic mass is 32.1. The van der Waals surface area contributed by atoms with Gasteiger partial charge in [-0.05, 0) is 37.2 Å². The quantitative estimate of drug-likeness (QED) is 0.368. The molecule has 1 aliphatic heterocycles. The maximum absolute atomic E-state index is 5.78. The molecule has 2 aromatic heterocycles. The SMILES string of the molecule is S=c1sc2c(N3CCCCCC3)nc(-c3ccccc3)nc2n1-c1ccccc1. The third-order valence-corrected chi connectivity index (χ3v) is 6.72. The van der Waals surface area contributed by atoms with Crippen molar-refractivity contribution in [1.29, 1.82) is 0 Å². The highest BCUT2D eigenvalue weighted by Gasteiger charge is 2.21. The third kappa shape index (κ3) is 3.58. The molecule has 0 saturated carbocycles. The number of rotatable bonds is 3. The molecule has 29 heavy (non-hydrogen) atoms. The third-order valence-electron chi connectivity index (χ3n) is 5.37. The molecule has 0 atom stereocenters. The van der Waals surface area contributed by atoms with Gasteiger partial charge in [-0.15, -0.1) is 0 Å². The Kier molecular flexibility index (Phi) is 5.12. The summed E-state index contributed by atoms with van der Waals surface area (Å²) in [4.78, 5) is 12.5. The smallest absolute Gasteiger partial charge is 0.168 e. The van der Waals surface area contributed by atoms with Gasteiger partial charge in [0, 0.05) is 24.3 Å². The minimum atomic E-state index is 0.759. The van der Waals surface area contributed by atoms with E-state index in [1.807, 2.05) is 36.4 Å². The van der Waals surface area contributed by atoms with Gasteiger partial charge in [-0.2, -0.15) is 0 Å². The lowest BCUT2D eigenvalue weighted by atomic mass is 10.2. The summed E-state index contributed by atoms with van der Waals surface area (Å²) in [7, 11) is 0. The number of para-hydroxylation sites is 1. The summed E-state index contributed by atoms with van der Waals surface area (Å²) >= 11 is 7.39. The molecular formula is C23H22N4S2. The predicted molar refractivity (Wildman–Crippen MR) is 124 cm³/mol. The number of fused-ring (bicyclic) bond motifs is 1. The molecule has 0 N–H and O–H groups in total. The Morgan fingerprint density at radius 1 is 0.793 bits per heavy atom. The van der Waals surface area contributed by atoms with Crippen LogP contribution in [0.15, 0.2) is 60.7 Å². The van der Waals surface area contributed by atoms with E-state index in [1.54, 1.807) is 11.3 Å². The van der Waals surface area contributed by atoms with E-state index in [4.69, 9.17) is 22.2 Å². The van der Waals surface area contributed by atoms with Crippen molar-refractivity contribution in [1.82, 2.24) is 14.5 Å². The lowest BCUT2D eigenvalue weighted by Crippen LogP contribution is -2.25. The molecule has 2 aromatic carbocycles. The number of anilines is 1. The fourth-order valence-electron chi connectivity index (χ4n) is 3.91. The zero-order valence-electron chi connectivity index (χ0n) is 16.1. The lowest BCUT2D eigenvalue weighted by molar-refractivity contribution is 0.726. The van der Waals surface area contributed by atoms with Gasteiger partial charge in [-0.1, -0.05) is 72.7 Å². The summed E-state index contributed by atoms with van der Waals surface area (Å²) in [6.45, 7) is 2.08. The van der Waals surface area contributed by atoms with Crippen LogP contribution in [0.1, 0.15) is 25.7 Å². The van der Waals surface area contributed by atoms with Crippen LogP contribution in [0.2, 0.25) is 0 Å². The summed E-state index contributed by atoms with van der Waals surface area (Å²) in [5.74, 6) is 1.79. The molecule has 0 aliphatic carbocycles. The van der Waals surface area contributed by atoms with Crippen molar-refractivity contribution in [2.75, 3.05) is 18.0 Å². The van der Waals surface area contributed by atoms with Crippen LogP contribution < -0.4 is 4.90 Å². The Hall–Kier alpha value is -2.57. The molecule has 6 heteroatoms. The van der Waals surface area contributed by atoms with Gasteiger partial charge in [-0.3, -0.25) is 4.57 Å². The number of hydrogen-bond acceptors (Lipinski definition) is 5. The fourth-order valence-corrected chi connectivity index (χ4v) is 5.30. The first-order valence-corrected chi connectivity index (χ1v) is 11.3. The van der Waals surface area contributed by atoms with Gasteiger partial charge < -0.3 is 4.90 Å². The van der Waals surface area contributed by atoms with Crippen LogP contribution in [-0.2, 0) is 0 Å². The van der Waals surface area contributed by atoms with Crippen molar-refractivity contribution in [2.24, 2.45) is 0 Å². The van der Waals surface area contributed by atoms with Crippen molar-refractivity contribution < 1.29 is 0 Å². The van der Waals surface area contributed by atoms with E-state index in [0.29, 0.717) is 0 Å². The monoisotopic (exact) mass is 418 g/mol. The molecule has 0 amide bonds. The molecule has 4 nitrogen and oxygen atoms in total. The Labute approximate surface area is 179 Å². The Morgan fingerprint density at radius 3 is 2.14 bits per heavy atom. The molecule has 1 aliphatic rings. The summed E-state index contributed by atoms with van der Waals surface area (Å²) in [6, 6.07) is 20.5. The minimum Gasteiger partial charge on any atom is -0.355 e. The second-order valence-corrected chi connectivity index (χ2v) is 8.97. The van der Waals surface area contributed by atoms with Gasteiger partial charge in [0.25, 0.3) is 0 Å². The Balaban J connectivity index is 1.77. The van der Waals surface area contributed by atoms with E-state index in [-0.39, 0.29) is 0 Å². The zero-order valence-corrected chi connectivity index (χ0v) is 17.8. The van der Waals surface area contributed by atoms with Gasteiger partial charge in [-0.25, -0.2) is 9.97 Å². The molecule has 3 heterocycles. The number of nitrogens with zero attached hydrogens (tertiary/aromatic N) is 4. The minimum absolute atomic E-state index is 0.759. The largest absolute Gasteiger partial charge is 0.355 e. The van der Waals surface area contributed by atoms with E-state index in [9.17, 15) is 0 Å². The standard InChI is InChI=1S/C23H22N4S2/c28-23-27(18-13-7-4-8-14-18)22-19(29-23)21(26-15-9-1-2-10-16-26)24-20(25-22)17-11-5-3-6-12-17/h3-8,11-14H,1-2,9-10,15-16H2. The van der Waals surface area contributed by atoms with Crippen LogP contribution in [0.5, 0.6) is 0 Å². The first-order chi connectivity index (χ1) is 14.3. The summed E-state index contributed by atoms with van der Waals surface area (Å²) in [6.07, 6.45) is 4.99. The molecule has 0 radical (unpaired) electrons. The highest BCUT2D eigenvalue weighted by Crippen LogP contribution is 2.35. The second-order valence-electron chi connectivity index (χ2n) is 7.33. The maximum Gasteiger partial charge on any atom is 0.168 e. The van der Waals surface area contributed by atoms with E-state index in [2.05, 4.69) is 33.7 Å². The second kappa shape index (κ2) is 8.05. The molecule has 1 fully saturated rings. The van der Waals surface area contributed by atoms with E-state index >= 15 is 0 Å².